The van der Waals surface area contributed by atoms with Crippen molar-refractivity contribution in [1.29, 1.82) is 0 Å². The SMILES string of the molecule is CC(C)(C)C(=O)NC1CCc2n[nH]c(=O)cc2C1. The van der Waals surface area contributed by atoms with E-state index in [1.807, 2.05) is 20.8 Å². The first-order valence-electron chi connectivity index (χ1n) is 6.25. The Morgan fingerprint density at radius 3 is 2.89 bits per heavy atom. The Kier molecular flexibility index (Phi) is 3.24. The summed E-state index contributed by atoms with van der Waals surface area (Å²) in [5.74, 6) is 0.0498. The normalized spacial score (nSPS) is 19.2. The summed E-state index contributed by atoms with van der Waals surface area (Å²) < 4.78 is 0. The van der Waals surface area contributed by atoms with E-state index in [-0.39, 0.29) is 22.9 Å². The van der Waals surface area contributed by atoms with Crippen molar-refractivity contribution in [3.05, 3.63) is 27.7 Å². The molecular formula is C13H19N3O2. The highest BCUT2D eigenvalue weighted by Crippen LogP contribution is 2.19. The molecule has 1 aromatic rings. The van der Waals surface area contributed by atoms with E-state index in [1.165, 1.54) is 0 Å². The second-order valence-electron chi connectivity index (χ2n) is 5.87. The molecule has 0 saturated carbocycles. The first-order valence-corrected chi connectivity index (χ1v) is 6.25. The van der Waals surface area contributed by atoms with Gasteiger partial charge >= 0.3 is 0 Å². The van der Waals surface area contributed by atoms with Crippen LogP contribution in [0.4, 0.5) is 0 Å². The first-order chi connectivity index (χ1) is 8.36. The molecule has 1 unspecified atom stereocenters. The van der Waals surface area contributed by atoms with Gasteiger partial charge in [-0.3, -0.25) is 9.59 Å². The van der Waals surface area contributed by atoms with Gasteiger partial charge < -0.3 is 5.32 Å². The second kappa shape index (κ2) is 4.55. The van der Waals surface area contributed by atoms with Gasteiger partial charge in [0, 0.05) is 17.5 Å². The molecule has 1 aliphatic rings. The van der Waals surface area contributed by atoms with Gasteiger partial charge in [-0.1, -0.05) is 20.8 Å². The fraction of sp³-hybridized carbons (Fsp3) is 0.615. The smallest absolute Gasteiger partial charge is 0.264 e. The number of rotatable bonds is 1. The van der Waals surface area contributed by atoms with E-state index in [4.69, 9.17) is 0 Å². The molecule has 1 amide bonds. The average molecular weight is 249 g/mol. The summed E-state index contributed by atoms with van der Waals surface area (Å²) in [6.45, 7) is 5.68. The van der Waals surface area contributed by atoms with Crippen LogP contribution in [0, 0.1) is 5.41 Å². The Balaban J connectivity index is 2.08. The van der Waals surface area contributed by atoms with Crippen LogP contribution in [0.5, 0.6) is 0 Å². The summed E-state index contributed by atoms with van der Waals surface area (Å²) >= 11 is 0. The van der Waals surface area contributed by atoms with Crippen molar-refractivity contribution in [2.75, 3.05) is 0 Å². The van der Waals surface area contributed by atoms with Crippen molar-refractivity contribution in [3.63, 3.8) is 0 Å². The van der Waals surface area contributed by atoms with Crippen LogP contribution in [0.15, 0.2) is 10.9 Å². The van der Waals surface area contributed by atoms with Crippen molar-refractivity contribution < 1.29 is 4.79 Å². The van der Waals surface area contributed by atoms with Gasteiger partial charge in [-0.05, 0) is 24.8 Å². The Labute approximate surface area is 106 Å². The zero-order valence-electron chi connectivity index (χ0n) is 11.0. The molecule has 18 heavy (non-hydrogen) atoms. The van der Waals surface area contributed by atoms with Crippen LogP contribution in [-0.4, -0.2) is 22.1 Å². The van der Waals surface area contributed by atoms with Gasteiger partial charge in [0.25, 0.3) is 5.56 Å². The minimum atomic E-state index is -0.382. The summed E-state index contributed by atoms with van der Waals surface area (Å²) in [7, 11) is 0. The molecule has 0 fully saturated rings. The molecular weight excluding hydrogens is 230 g/mol. The summed E-state index contributed by atoms with van der Waals surface area (Å²) in [6, 6.07) is 1.69. The van der Waals surface area contributed by atoms with Crippen LogP contribution < -0.4 is 10.9 Å². The monoisotopic (exact) mass is 249 g/mol. The number of H-pyrrole nitrogens is 1. The Morgan fingerprint density at radius 2 is 2.22 bits per heavy atom. The predicted octanol–water partition coefficient (Wildman–Crippen LogP) is 0.789. The number of aryl methyl sites for hydroxylation is 1. The number of nitrogens with one attached hydrogen (secondary N) is 2. The van der Waals surface area contributed by atoms with Crippen LogP contribution in [0.2, 0.25) is 0 Å². The molecule has 0 radical (unpaired) electrons. The molecule has 98 valence electrons. The Morgan fingerprint density at radius 1 is 1.50 bits per heavy atom. The highest BCUT2D eigenvalue weighted by Gasteiger charge is 2.26. The van der Waals surface area contributed by atoms with Crippen molar-refractivity contribution in [2.24, 2.45) is 5.41 Å². The van der Waals surface area contributed by atoms with Crippen LogP contribution >= 0.6 is 0 Å². The molecule has 0 saturated heterocycles. The quantitative estimate of drug-likeness (QED) is 0.772. The molecule has 1 aliphatic carbocycles. The number of hydrogen-bond acceptors (Lipinski definition) is 3. The molecule has 1 atom stereocenters. The number of aromatic amines is 1. The van der Waals surface area contributed by atoms with Crippen LogP contribution in [0.25, 0.3) is 0 Å². The number of hydrogen-bond donors (Lipinski definition) is 2. The molecule has 5 heteroatoms. The molecule has 1 heterocycles. The van der Waals surface area contributed by atoms with Gasteiger partial charge in [0.05, 0.1) is 5.69 Å². The average Bonchev–Trinajstić information content (AvgIpc) is 2.27. The van der Waals surface area contributed by atoms with E-state index in [9.17, 15) is 9.59 Å². The third-order valence-electron chi connectivity index (χ3n) is 3.19. The maximum atomic E-state index is 11.9. The van der Waals surface area contributed by atoms with E-state index in [2.05, 4.69) is 15.5 Å². The van der Waals surface area contributed by atoms with Crippen molar-refractivity contribution in [3.8, 4) is 0 Å². The zero-order valence-corrected chi connectivity index (χ0v) is 11.0. The number of carbonyl (C=O) groups is 1. The molecule has 5 nitrogen and oxygen atoms in total. The van der Waals surface area contributed by atoms with Crippen LogP contribution in [0.1, 0.15) is 38.4 Å². The lowest BCUT2D eigenvalue weighted by Crippen LogP contribution is -2.44. The summed E-state index contributed by atoms with van der Waals surface area (Å²) in [6.07, 6.45) is 2.35. The van der Waals surface area contributed by atoms with Crippen molar-refractivity contribution in [2.45, 2.75) is 46.1 Å². The molecule has 0 spiro atoms. The number of amides is 1. The highest BCUT2D eigenvalue weighted by molar-refractivity contribution is 5.81. The minimum Gasteiger partial charge on any atom is -0.353 e. The molecule has 0 aliphatic heterocycles. The van der Waals surface area contributed by atoms with Crippen LogP contribution in [0.3, 0.4) is 0 Å². The summed E-state index contributed by atoms with van der Waals surface area (Å²) in [4.78, 5) is 23.1. The van der Waals surface area contributed by atoms with Gasteiger partial charge in [-0.15, -0.1) is 0 Å². The third-order valence-corrected chi connectivity index (χ3v) is 3.19. The lowest BCUT2D eigenvalue weighted by molar-refractivity contribution is -0.129. The van der Waals surface area contributed by atoms with Crippen LogP contribution in [-0.2, 0) is 17.6 Å². The summed E-state index contributed by atoms with van der Waals surface area (Å²) in [5, 5.41) is 9.52. The Hall–Kier alpha value is -1.65. The number of carbonyl (C=O) groups excluding carboxylic acids is 1. The fourth-order valence-electron chi connectivity index (χ4n) is 2.06. The van der Waals surface area contributed by atoms with E-state index >= 15 is 0 Å². The maximum Gasteiger partial charge on any atom is 0.264 e. The van der Waals surface area contributed by atoms with E-state index in [0.29, 0.717) is 6.42 Å². The number of nitrogens with zero attached hydrogens (tertiary/aromatic N) is 1. The van der Waals surface area contributed by atoms with Gasteiger partial charge in [0.15, 0.2) is 0 Å². The van der Waals surface area contributed by atoms with E-state index < -0.39 is 0 Å². The minimum absolute atomic E-state index is 0.0498. The molecule has 1 aromatic heterocycles. The molecule has 2 rings (SSSR count). The van der Waals surface area contributed by atoms with Crippen molar-refractivity contribution >= 4 is 5.91 Å². The first kappa shape index (κ1) is 12.8. The highest BCUT2D eigenvalue weighted by atomic mass is 16.2. The summed E-state index contributed by atoms with van der Waals surface area (Å²) in [5.41, 5.74) is 1.32. The second-order valence-corrected chi connectivity index (χ2v) is 5.87. The topological polar surface area (TPSA) is 74.8 Å². The predicted molar refractivity (Wildman–Crippen MR) is 68.3 cm³/mol. The number of aromatic nitrogens is 2. The van der Waals surface area contributed by atoms with Crippen molar-refractivity contribution in [1.82, 2.24) is 15.5 Å². The third kappa shape index (κ3) is 2.78. The molecule has 2 N–H and O–H groups in total. The van der Waals surface area contributed by atoms with Gasteiger partial charge in [-0.25, -0.2) is 5.10 Å². The standard InChI is InChI=1S/C13H19N3O2/c1-13(2,3)12(18)14-9-4-5-10-8(6-9)7-11(17)16-15-10/h7,9H,4-6H2,1-3H3,(H,14,18)(H,16,17). The lowest BCUT2D eigenvalue weighted by atomic mass is 9.90. The van der Waals surface area contributed by atoms with E-state index in [0.717, 1.165) is 24.1 Å². The number of fused-ring (bicyclic) bond motifs is 1. The fourth-order valence-corrected chi connectivity index (χ4v) is 2.06. The van der Waals surface area contributed by atoms with Gasteiger partial charge in [0.2, 0.25) is 5.91 Å². The maximum absolute atomic E-state index is 11.9. The Bertz CT molecular complexity index is 514. The van der Waals surface area contributed by atoms with Gasteiger partial charge in [-0.2, -0.15) is 5.10 Å². The van der Waals surface area contributed by atoms with E-state index in [1.54, 1.807) is 6.07 Å². The zero-order chi connectivity index (χ0) is 13.3. The molecule has 0 aromatic carbocycles. The molecule has 0 bridgehead atoms. The lowest BCUT2D eigenvalue weighted by Gasteiger charge is -2.27. The van der Waals surface area contributed by atoms with Gasteiger partial charge in [0.1, 0.15) is 0 Å². The largest absolute Gasteiger partial charge is 0.353 e.